The molecule has 0 aromatic heterocycles. The van der Waals surface area contributed by atoms with Crippen LogP contribution in [0.2, 0.25) is 0 Å². The molecule has 0 aliphatic carbocycles. The molecule has 0 spiro atoms. The minimum atomic E-state index is -0.939. The number of nitrogens with one attached hydrogen (secondary N) is 1. The number of carboxylic acids is 1. The minimum Gasteiger partial charge on any atom is -0.492 e. The maximum Gasteiger partial charge on any atom is 0.335 e. The van der Waals surface area contributed by atoms with E-state index in [2.05, 4.69) is 5.32 Å². The van der Waals surface area contributed by atoms with Crippen molar-refractivity contribution >= 4 is 5.97 Å². The molecule has 0 amide bonds. The highest BCUT2D eigenvalue weighted by Crippen LogP contribution is 2.15. The lowest BCUT2D eigenvalue weighted by molar-refractivity contribution is 0.0115. The maximum absolute atomic E-state index is 10.8. The van der Waals surface area contributed by atoms with Gasteiger partial charge in [0.15, 0.2) is 0 Å². The Bertz CT molecular complexity index is 444. The number of hydrogen-bond donors (Lipinski definition) is 2. The van der Waals surface area contributed by atoms with Gasteiger partial charge in [-0.15, -0.1) is 0 Å². The van der Waals surface area contributed by atoms with Crippen molar-refractivity contribution in [1.29, 1.82) is 0 Å². The van der Waals surface area contributed by atoms with Crippen LogP contribution in [0.1, 0.15) is 36.0 Å². The summed E-state index contributed by atoms with van der Waals surface area (Å²) in [4.78, 5) is 10.8. The highest BCUT2D eigenvalue weighted by Gasteiger charge is 2.12. The standard InChI is InChI=1S/C16H23NO4/c18-16(19)13-4-3-6-15(12-13)21-11-9-17-8-7-14-5-1-2-10-20-14/h3-4,6,12,14,17H,1-2,5,7-11H2,(H,18,19). The van der Waals surface area contributed by atoms with Crippen LogP contribution in [-0.4, -0.2) is 43.5 Å². The Labute approximate surface area is 125 Å². The molecule has 0 radical (unpaired) electrons. The quantitative estimate of drug-likeness (QED) is 0.720. The van der Waals surface area contributed by atoms with Gasteiger partial charge < -0.3 is 19.9 Å². The summed E-state index contributed by atoms with van der Waals surface area (Å²) in [5.74, 6) is -0.349. The van der Waals surface area contributed by atoms with Crippen LogP contribution in [0.3, 0.4) is 0 Å². The summed E-state index contributed by atoms with van der Waals surface area (Å²) in [6.45, 7) is 3.08. The molecule has 5 nitrogen and oxygen atoms in total. The molecule has 5 heteroatoms. The molecule has 21 heavy (non-hydrogen) atoms. The van der Waals surface area contributed by atoms with Gasteiger partial charge in [-0.2, -0.15) is 0 Å². The van der Waals surface area contributed by atoms with E-state index in [1.807, 2.05) is 0 Å². The van der Waals surface area contributed by atoms with Crippen molar-refractivity contribution in [3.63, 3.8) is 0 Å². The van der Waals surface area contributed by atoms with Crippen LogP contribution in [0.25, 0.3) is 0 Å². The fraction of sp³-hybridized carbons (Fsp3) is 0.562. The molecular weight excluding hydrogens is 270 g/mol. The van der Waals surface area contributed by atoms with Crippen molar-refractivity contribution in [1.82, 2.24) is 5.32 Å². The summed E-state index contributed by atoms with van der Waals surface area (Å²) in [6, 6.07) is 6.55. The molecule has 1 unspecified atom stereocenters. The number of ether oxygens (including phenoxy) is 2. The Balaban J connectivity index is 1.57. The highest BCUT2D eigenvalue weighted by molar-refractivity contribution is 5.87. The normalized spacial score (nSPS) is 18.4. The van der Waals surface area contributed by atoms with Gasteiger partial charge in [0.2, 0.25) is 0 Å². The first-order valence-electron chi connectivity index (χ1n) is 7.54. The molecule has 1 fully saturated rings. The van der Waals surface area contributed by atoms with Crippen LogP contribution in [0.5, 0.6) is 5.75 Å². The molecule has 1 aliphatic heterocycles. The molecule has 116 valence electrons. The fourth-order valence-corrected chi connectivity index (χ4v) is 2.38. The number of carbonyl (C=O) groups is 1. The second kappa shape index (κ2) is 8.64. The van der Waals surface area contributed by atoms with E-state index in [0.29, 0.717) is 18.5 Å². The first kappa shape index (κ1) is 15.8. The van der Waals surface area contributed by atoms with Crippen molar-refractivity contribution in [2.75, 3.05) is 26.3 Å². The van der Waals surface area contributed by atoms with Gasteiger partial charge in [-0.3, -0.25) is 0 Å². The number of aromatic carboxylic acids is 1. The topological polar surface area (TPSA) is 67.8 Å². The van der Waals surface area contributed by atoms with Crippen molar-refractivity contribution in [2.45, 2.75) is 31.8 Å². The summed E-state index contributed by atoms with van der Waals surface area (Å²) in [5.41, 5.74) is 0.245. The minimum absolute atomic E-state index is 0.245. The average Bonchev–Trinajstić information content (AvgIpc) is 2.52. The first-order chi connectivity index (χ1) is 10.3. The van der Waals surface area contributed by atoms with Gasteiger partial charge in [-0.05, 0) is 50.4 Å². The summed E-state index contributed by atoms with van der Waals surface area (Å²) >= 11 is 0. The average molecular weight is 293 g/mol. The lowest BCUT2D eigenvalue weighted by atomic mass is 10.1. The summed E-state index contributed by atoms with van der Waals surface area (Å²) in [6.07, 6.45) is 5.06. The van der Waals surface area contributed by atoms with E-state index in [0.717, 1.165) is 26.1 Å². The second-order valence-electron chi connectivity index (χ2n) is 5.21. The lowest BCUT2D eigenvalue weighted by Gasteiger charge is -2.22. The number of hydrogen-bond acceptors (Lipinski definition) is 4. The Morgan fingerprint density at radius 2 is 2.29 bits per heavy atom. The van der Waals surface area contributed by atoms with Crippen LogP contribution in [-0.2, 0) is 4.74 Å². The van der Waals surface area contributed by atoms with Crippen LogP contribution in [0, 0.1) is 0 Å². The third-order valence-electron chi connectivity index (χ3n) is 3.55. The van der Waals surface area contributed by atoms with Gasteiger partial charge >= 0.3 is 5.97 Å². The zero-order chi connectivity index (χ0) is 14.9. The van der Waals surface area contributed by atoms with Gasteiger partial charge in [0.1, 0.15) is 12.4 Å². The molecule has 0 bridgehead atoms. The summed E-state index contributed by atoms with van der Waals surface area (Å²) < 4.78 is 11.2. The molecule has 0 saturated carbocycles. The van der Waals surface area contributed by atoms with Crippen LogP contribution >= 0.6 is 0 Å². The van der Waals surface area contributed by atoms with Crippen LogP contribution in [0.4, 0.5) is 0 Å². The van der Waals surface area contributed by atoms with Crippen molar-refractivity contribution in [3.8, 4) is 5.75 Å². The fourth-order valence-electron chi connectivity index (χ4n) is 2.38. The molecule has 1 saturated heterocycles. The van der Waals surface area contributed by atoms with E-state index in [4.69, 9.17) is 14.6 Å². The van der Waals surface area contributed by atoms with Gasteiger partial charge in [-0.25, -0.2) is 4.79 Å². The Morgan fingerprint density at radius 1 is 1.38 bits per heavy atom. The number of benzene rings is 1. The van der Waals surface area contributed by atoms with Crippen LogP contribution in [0.15, 0.2) is 24.3 Å². The van der Waals surface area contributed by atoms with Gasteiger partial charge in [0.25, 0.3) is 0 Å². The third kappa shape index (κ3) is 5.73. The molecule has 1 aliphatic rings. The third-order valence-corrected chi connectivity index (χ3v) is 3.55. The van der Waals surface area contributed by atoms with Crippen molar-refractivity contribution < 1.29 is 19.4 Å². The molecule has 1 heterocycles. The Morgan fingerprint density at radius 3 is 3.05 bits per heavy atom. The number of rotatable bonds is 8. The second-order valence-corrected chi connectivity index (χ2v) is 5.21. The van der Waals surface area contributed by atoms with Crippen molar-refractivity contribution in [2.24, 2.45) is 0 Å². The van der Waals surface area contributed by atoms with Crippen molar-refractivity contribution in [3.05, 3.63) is 29.8 Å². The lowest BCUT2D eigenvalue weighted by Crippen LogP contribution is -2.27. The van der Waals surface area contributed by atoms with E-state index in [1.54, 1.807) is 18.2 Å². The van der Waals surface area contributed by atoms with Gasteiger partial charge in [0, 0.05) is 13.2 Å². The van der Waals surface area contributed by atoms with E-state index in [-0.39, 0.29) is 5.56 Å². The zero-order valence-electron chi connectivity index (χ0n) is 12.2. The highest BCUT2D eigenvalue weighted by atomic mass is 16.5. The summed E-state index contributed by atoms with van der Waals surface area (Å²) in [5, 5.41) is 12.2. The molecule has 2 N–H and O–H groups in total. The smallest absolute Gasteiger partial charge is 0.335 e. The van der Waals surface area contributed by atoms with Gasteiger partial charge in [-0.1, -0.05) is 6.07 Å². The molecule has 1 atom stereocenters. The predicted molar refractivity (Wildman–Crippen MR) is 80.0 cm³/mol. The van der Waals surface area contributed by atoms with E-state index in [9.17, 15) is 4.79 Å². The van der Waals surface area contributed by atoms with Gasteiger partial charge in [0.05, 0.1) is 11.7 Å². The number of carboxylic acid groups (broad SMARTS) is 1. The van der Waals surface area contributed by atoms with E-state index >= 15 is 0 Å². The zero-order valence-corrected chi connectivity index (χ0v) is 12.2. The largest absolute Gasteiger partial charge is 0.492 e. The Kier molecular flexibility index (Phi) is 6.50. The predicted octanol–water partition coefficient (Wildman–Crippen LogP) is 2.31. The maximum atomic E-state index is 10.8. The Hall–Kier alpha value is -1.59. The molecule has 1 aromatic rings. The molecule has 2 rings (SSSR count). The molecule has 1 aromatic carbocycles. The van der Waals surface area contributed by atoms with E-state index in [1.165, 1.54) is 25.3 Å². The summed E-state index contributed by atoms with van der Waals surface area (Å²) in [7, 11) is 0. The molecular formula is C16H23NO4. The van der Waals surface area contributed by atoms with Crippen LogP contribution < -0.4 is 10.1 Å². The van der Waals surface area contributed by atoms with E-state index < -0.39 is 5.97 Å². The SMILES string of the molecule is O=C(O)c1cccc(OCCNCCC2CCCCO2)c1. The first-order valence-corrected chi connectivity index (χ1v) is 7.54. The monoisotopic (exact) mass is 293 g/mol.